The molecule has 3 aliphatic heterocycles. The van der Waals surface area contributed by atoms with Gasteiger partial charge in [-0.1, -0.05) is 20.8 Å². The lowest BCUT2D eigenvalue weighted by atomic mass is 9.73. The molecule has 0 radical (unpaired) electrons. The minimum Gasteiger partial charge on any atom is -0.388 e. The zero-order valence-electron chi connectivity index (χ0n) is 21.4. The van der Waals surface area contributed by atoms with E-state index in [1.165, 1.54) is 4.90 Å². The standard InChI is InChI=1S/C26H38N4O5/c1-15(2)28-8-10-29(11-9-28)16-6-7-17(24(27)33)18(12-16)21(26(3,4)5)25(34)30-13-19(31)23-22(30)20(32)14-35-23/h6-7,12,15,19,21-23,31H,8-11,13-14H2,1-5H3,(H2,27,33)/t19-,21-,22+,23+/m0/s1. The summed E-state index contributed by atoms with van der Waals surface area (Å²) >= 11 is 0. The van der Waals surface area contributed by atoms with E-state index in [4.69, 9.17) is 10.5 Å². The number of carbonyl (C=O) groups is 3. The van der Waals surface area contributed by atoms with Crippen LogP contribution in [0.3, 0.4) is 0 Å². The van der Waals surface area contributed by atoms with Gasteiger partial charge in [0.1, 0.15) is 24.9 Å². The number of carbonyl (C=O) groups excluding carboxylic acids is 3. The number of nitrogens with two attached hydrogens (primary N) is 1. The van der Waals surface area contributed by atoms with E-state index in [1.807, 2.05) is 32.9 Å². The van der Waals surface area contributed by atoms with E-state index in [2.05, 4.69) is 23.6 Å². The maximum absolute atomic E-state index is 14.0. The molecule has 4 atom stereocenters. The second kappa shape index (κ2) is 9.52. The number of Topliss-reactive ketones (excluding diaryl/α,β-unsaturated/α-hetero) is 1. The predicted molar refractivity (Wildman–Crippen MR) is 132 cm³/mol. The molecular formula is C26H38N4O5. The highest BCUT2D eigenvalue weighted by molar-refractivity contribution is 5.99. The van der Waals surface area contributed by atoms with E-state index in [0.29, 0.717) is 17.2 Å². The highest BCUT2D eigenvalue weighted by Crippen LogP contribution is 2.42. The van der Waals surface area contributed by atoms with E-state index in [9.17, 15) is 19.5 Å². The number of nitrogens with zero attached hydrogens (tertiary/aromatic N) is 3. The first-order valence-corrected chi connectivity index (χ1v) is 12.5. The lowest BCUT2D eigenvalue weighted by Crippen LogP contribution is -2.49. The molecule has 3 heterocycles. The number of primary amides is 1. The summed E-state index contributed by atoms with van der Waals surface area (Å²) in [4.78, 5) is 45.1. The van der Waals surface area contributed by atoms with Gasteiger partial charge >= 0.3 is 0 Å². The Balaban J connectivity index is 1.71. The van der Waals surface area contributed by atoms with Gasteiger partial charge in [0.2, 0.25) is 11.8 Å². The fourth-order valence-electron chi connectivity index (χ4n) is 5.70. The van der Waals surface area contributed by atoms with E-state index >= 15 is 0 Å². The second-order valence-corrected chi connectivity index (χ2v) is 11.3. The number of β-amino-alcohol motifs (C(OH)–C–C–N with tert-alkyl or cyclic N) is 1. The Hall–Kier alpha value is -2.49. The number of hydrogen-bond acceptors (Lipinski definition) is 7. The largest absolute Gasteiger partial charge is 0.388 e. The Labute approximate surface area is 207 Å². The third kappa shape index (κ3) is 4.81. The monoisotopic (exact) mass is 486 g/mol. The average Bonchev–Trinajstić information content (AvgIpc) is 3.33. The van der Waals surface area contributed by atoms with Crippen molar-refractivity contribution in [3.8, 4) is 0 Å². The predicted octanol–water partition coefficient (Wildman–Crippen LogP) is 0.985. The first-order chi connectivity index (χ1) is 16.4. The molecule has 0 aromatic heterocycles. The Morgan fingerprint density at radius 1 is 1.14 bits per heavy atom. The number of rotatable bonds is 5. The summed E-state index contributed by atoms with van der Waals surface area (Å²) in [6.07, 6.45) is -1.62. The van der Waals surface area contributed by atoms with E-state index in [-0.39, 0.29) is 24.8 Å². The van der Waals surface area contributed by atoms with Crippen LogP contribution in [0.1, 0.15) is 56.5 Å². The second-order valence-electron chi connectivity index (χ2n) is 11.3. The van der Waals surface area contributed by atoms with Gasteiger partial charge < -0.3 is 25.4 Å². The summed E-state index contributed by atoms with van der Waals surface area (Å²) in [6, 6.07) is 5.19. The third-order valence-electron chi connectivity index (χ3n) is 7.58. The molecule has 1 aromatic rings. The van der Waals surface area contributed by atoms with E-state index in [1.54, 1.807) is 6.07 Å². The van der Waals surface area contributed by atoms with Gasteiger partial charge in [0.25, 0.3) is 0 Å². The minimum atomic E-state index is -0.921. The molecule has 9 nitrogen and oxygen atoms in total. The molecule has 0 unspecified atom stereocenters. The van der Waals surface area contributed by atoms with Crippen LogP contribution in [0.25, 0.3) is 0 Å². The third-order valence-corrected chi connectivity index (χ3v) is 7.58. The number of hydrogen-bond donors (Lipinski definition) is 2. The number of ether oxygens (including phenoxy) is 1. The molecule has 3 N–H and O–H groups in total. The highest BCUT2D eigenvalue weighted by atomic mass is 16.5. The van der Waals surface area contributed by atoms with Crippen LogP contribution in [0.15, 0.2) is 18.2 Å². The summed E-state index contributed by atoms with van der Waals surface area (Å²) in [5.41, 5.74) is 6.98. The molecule has 4 rings (SSSR count). The van der Waals surface area contributed by atoms with Crippen LogP contribution >= 0.6 is 0 Å². The van der Waals surface area contributed by atoms with Crippen LogP contribution < -0.4 is 10.6 Å². The average molecular weight is 487 g/mol. The van der Waals surface area contributed by atoms with Gasteiger partial charge in [0.05, 0.1) is 12.5 Å². The van der Waals surface area contributed by atoms with Crippen LogP contribution in [-0.4, -0.2) is 96.1 Å². The van der Waals surface area contributed by atoms with Crippen LogP contribution in [0.4, 0.5) is 5.69 Å². The highest BCUT2D eigenvalue weighted by Gasteiger charge is 2.54. The molecule has 0 bridgehead atoms. The Kier molecular flexibility index (Phi) is 6.96. The molecule has 1 aromatic carbocycles. The fraction of sp³-hybridized carbons (Fsp3) is 0.654. The normalized spacial score (nSPS) is 26.4. The fourth-order valence-corrected chi connectivity index (χ4v) is 5.70. The number of fused-ring (bicyclic) bond motifs is 1. The number of likely N-dealkylation sites (tertiary alicyclic amines) is 1. The van der Waals surface area contributed by atoms with Crippen molar-refractivity contribution in [1.82, 2.24) is 9.80 Å². The lowest BCUT2D eigenvalue weighted by molar-refractivity contribution is -0.140. The number of ketones is 1. The number of aliphatic hydroxyl groups is 1. The molecule has 3 fully saturated rings. The smallest absolute Gasteiger partial charge is 0.249 e. The molecule has 2 amide bonds. The zero-order chi connectivity index (χ0) is 25.7. The van der Waals surface area contributed by atoms with Gasteiger partial charge in [-0.25, -0.2) is 0 Å². The summed E-state index contributed by atoms with van der Waals surface area (Å²) < 4.78 is 5.46. The minimum absolute atomic E-state index is 0.0231. The SMILES string of the molecule is CC(C)N1CCN(c2ccc(C(N)=O)c([C@@H](C(=O)N3C[C@H](O)[C@H]4OCC(=O)[C@H]43)C(C)(C)C)c2)CC1. The van der Waals surface area contributed by atoms with Gasteiger partial charge in [0.15, 0.2) is 5.78 Å². The quantitative estimate of drug-likeness (QED) is 0.637. The molecule has 0 aliphatic carbocycles. The number of anilines is 1. The summed E-state index contributed by atoms with van der Waals surface area (Å²) in [5, 5.41) is 10.5. The van der Waals surface area contributed by atoms with Crippen molar-refractivity contribution in [3.05, 3.63) is 29.3 Å². The maximum atomic E-state index is 14.0. The van der Waals surface area contributed by atoms with Gasteiger partial charge in [-0.3, -0.25) is 19.3 Å². The van der Waals surface area contributed by atoms with Crippen molar-refractivity contribution in [1.29, 1.82) is 0 Å². The van der Waals surface area contributed by atoms with Crippen molar-refractivity contribution in [2.75, 3.05) is 44.2 Å². The Bertz CT molecular complexity index is 996. The van der Waals surface area contributed by atoms with E-state index in [0.717, 1.165) is 31.9 Å². The van der Waals surface area contributed by atoms with Gasteiger partial charge in [-0.2, -0.15) is 0 Å². The zero-order valence-corrected chi connectivity index (χ0v) is 21.4. The molecule has 9 heteroatoms. The molecular weight excluding hydrogens is 448 g/mol. The molecule has 192 valence electrons. The molecule has 35 heavy (non-hydrogen) atoms. The first kappa shape index (κ1) is 25.6. The molecule has 0 saturated carbocycles. The van der Waals surface area contributed by atoms with Gasteiger partial charge in [-0.15, -0.1) is 0 Å². The van der Waals surface area contributed by atoms with Crippen LogP contribution in [0, 0.1) is 5.41 Å². The van der Waals surface area contributed by atoms with Crippen LogP contribution in [-0.2, 0) is 14.3 Å². The van der Waals surface area contributed by atoms with Gasteiger partial charge in [0, 0.05) is 43.5 Å². The summed E-state index contributed by atoms with van der Waals surface area (Å²) in [6.45, 7) is 13.7. The van der Waals surface area contributed by atoms with Crippen LogP contribution in [0.2, 0.25) is 0 Å². The number of piperazine rings is 1. The van der Waals surface area contributed by atoms with Crippen LogP contribution in [0.5, 0.6) is 0 Å². The summed E-state index contributed by atoms with van der Waals surface area (Å²) in [5.74, 6) is -1.84. The Morgan fingerprint density at radius 2 is 1.80 bits per heavy atom. The topological polar surface area (TPSA) is 116 Å². The maximum Gasteiger partial charge on any atom is 0.249 e. The number of aliphatic hydroxyl groups excluding tert-OH is 1. The van der Waals surface area contributed by atoms with Crippen molar-refractivity contribution >= 4 is 23.3 Å². The number of amides is 2. The van der Waals surface area contributed by atoms with Crippen molar-refractivity contribution in [3.63, 3.8) is 0 Å². The number of benzene rings is 1. The van der Waals surface area contributed by atoms with Crippen molar-refractivity contribution in [2.24, 2.45) is 11.1 Å². The molecule has 0 spiro atoms. The van der Waals surface area contributed by atoms with Gasteiger partial charge in [-0.05, 0) is 43.0 Å². The molecule has 3 saturated heterocycles. The lowest BCUT2D eigenvalue weighted by Gasteiger charge is -2.39. The first-order valence-electron chi connectivity index (χ1n) is 12.5. The summed E-state index contributed by atoms with van der Waals surface area (Å²) in [7, 11) is 0. The van der Waals surface area contributed by atoms with E-state index < -0.39 is 35.5 Å². The van der Waals surface area contributed by atoms with Crippen molar-refractivity contribution in [2.45, 2.75) is 64.8 Å². The Morgan fingerprint density at radius 3 is 2.37 bits per heavy atom. The molecule has 3 aliphatic rings. The van der Waals surface area contributed by atoms with Crippen molar-refractivity contribution < 1.29 is 24.2 Å².